The molecule has 2 aromatic rings. The Morgan fingerprint density at radius 3 is 2.90 bits per heavy atom. The van der Waals surface area contributed by atoms with E-state index in [1.54, 1.807) is 11.3 Å². The molecule has 0 spiro atoms. The summed E-state index contributed by atoms with van der Waals surface area (Å²) < 4.78 is 13.3. The van der Waals surface area contributed by atoms with Crippen LogP contribution in [0.1, 0.15) is 21.7 Å². The molecule has 1 aromatic heterocycles. The van der Waals surface area contributed by atoms with Crippen LogP contribution in [-0.2, 0) is 19.4 Å². The van der Waals surface area contributed by atoms with Gasteiger partial charge in [-0.25, -0.2) is 4.39 Å². The van der Waals surface area contributed by atoms with Crippen molar-refractivity contribution >= 4 is 34.3 Å². The number of benzene rings is 1. The lowest BCUT2D eigenvalue weighted by Gasteiger charge is -2.07. The van der Waals surface area contributed by atoms with Gasteiger partial charge >= 0.3 is 0 Å². The molecule has 0 saturated heterocycles. The lowest BCUT2D eigenvalue weighted by Crippen LogP contribution is -2.02. The van der Waals surface area contributed by atoms with E-state index in [0.717, 1.165) is 23.8 Å². The van der Waals surface area contributed by atoms with Gasteiger partial charge in [0.25, 0.3) is 5.69 Å². The predicted octanol–water partition coefficient (Wildman–Crippen LogP) is 4.55. The van der Waals surface area contributed by atoms with E-state index in [4.69, 9.17) is 11.6 Å². The number of hydrogen-bond donors (Lipinski definition) is 1. The first-order chi connectivity index (χ1) is 10.0. The van der Waals surface area contributed by atoms with Crippen LogP contribution >= 0.6 is 22.9 Å². The molecule has 1 aliphatic carbocycles. The van der Waals surface area contributed by atoms with Gasteiger partial charge in [0.15, 0.2) is 0 Å². The highest BCUT2D eigenvalue weighted by molar-refractivity contribution is 7.12. The minimum absolute atomic E-state index is 0.128. The van der Waals surface area contributed by atoms with Crippen molar-refractivity contribution in [3.63, 3.8) is 0 Å². The summed E-state index contributed by atoms with van der Waals surface area (Å²) in [5, 5.41) is 13.8. The summed E-state index contributed by atoms with van der Waals surface area (Å²) in [6.45, 7) is 0.473. The second-order valence-corrected chi connectivity index (χ2v) is 6.54. The number of aryl methyl sites for hydroxylation is 2. The van der Waals surface area contributed by atoms with Crippen LogP contribution in [0.25, 0.3) is 0 Å². The van der Waals surface area contributed by atoms with E-state index in [2.05, 4.69) is 11.4 Å². The molecule has 0 aliphatic heterocycles. The van der Waals surface area contributed by atoms with Gasteiger partial charge in [-0.15, -0.1) is 11.3 Å². The van der Waals surface area contributed by atoms with Crippen LogP contribution in [0.15, 0.2) is 18.2 Å². The molecule has 1 heterocycles. The molecule has 7 heteroatoms. The normalized spacial score (nSPS) is 13.2. The molecule has 0 amide bonds. The third kappa shape index (κ3) is 2.87. The van der Waals surface area contributed by atoms with E-state index in [0.29, 0.717) is 6.54 Å². The molecular formula is C14H12ClFN2O2S. The summed E-state index contributed by atoms with van der Waals surface area (Å²) in [7, 11) is 0. The average Bonchev–Trinajstić information content (AvgIpc) is 3.00. The van der Waals surface area contributed by atoms with Gasteiger partial charge in [0.05, 0.1) is 16.0 Å². The van der Waals surface area contributed by atoms with E-state index in [1.165, 1.54) is 22.9 Å². The van der Waals surface area contributed by atoms with E-state index >= 15 is 0 Å². The standard InChI is InChI=1S/C14H12ClFN2O2S/c15-10-5-12(13(18(19)20)6-11(10)16)17-7-9-4-8-2-1-3-14(8)21-9/h4-6,17H,1-3,7H2. The first-order valence-corrected chi connectivity index (χ1v) is 7.72. The van der Waals surface area contributed by atoms with Crippen molar-refractivity contribution in [3.05, 3.63) is 54.5 Å². The van der Waals surface area contributed by atoms with Crippen molar-refractivity contribution in [2.45, 2.75) is 25.8 Å². The Kier molecular flexibility index (Phi) is 3.82. The molecule has 0 fully saturated rings. The lowest BCUT2D eigenvalue weighted by atomic mass is 10.2. The third-order valence-electron chi connectivity index (χ3n) is 3.49. The Balaban J connectivity index is 1.80. The van der Waals surface area contributed by atoms with Crippen LogP contribution in [0, 0.1) is 15.9 Å². The molecule has 1 N–H and O–H groups in total. The SMILES string of the molecule is O=[N+]([O-])c1cc(F)c(Cl)cc1NCc1cc2c(s1)CCC2. The molecule has 0 atom stereocenters. The Bertz CT molecular complexity index is 696. The Hall–Kier alpha value is -1.66. The minimum atomic E-state index is -0.788. The van der Waals surface area contributed by atoms with Crippen LogP contribution in [0.5, 0.6) is 0 Å². The minimum Gasteiger partial charge on any atom is -0.375 e. The van der Waals surface area contributed by atoms with Crippen molar-refractivity contribution in [2.75, 3.05) is 5.32 Å². The maximum atomic E-state index is 13.3. The predicted molar refractivity (Wildman–Crippen MR) is 81.7 cm³/mol. The largest absolute Gasteiger partial charge is 0.375 e. The van der Waals surface area contributed by atoms with Crippen LogP contribution in [0.2, 0.25) is 5.02 Å². The van der Waals surface area contributed by atoms with Gasteiger partial charge in [-0.1, -0.05) is 11.6 Å². The van der Waals surface area contributed by atoms with Crippen molar-refractivity contribution in [2.24, 2.45) is 0 Å². The summed E-state index contributed by atoms with van der Waals surface area (Å²) in [6, 6.07) is 4.24. The summed E-state index contributed by atoms with van der Waals surface area (Å²) in [5.41, 5.74) is 1.31. The molecule has 0 saturated carbocycles. The molecule has 3 rings (SSSR count). The van der Waals surface area contributed by atoms with Crippen molar-refractivity contribution < 1.29 is 9.31 Å². The first kappa shape index (κ1) is 14.3. The van der Waals surface area contributed by atoms with Crippen molar-refractivity contribution in [3.8, 4) is 0 Å². The van der Waals surface area contributed by atoms with Gasteiger partial charge < -0.3 is 5.32 Å². The number of nitro groups is 1. The second kappa shape index (κ2) is 5.61. The maximum absolute atomic E-state index is 13.3. The van der Waals surface area contributed by atoms with Crippen molar-refractivity contribution in [1.29, 1.82) is 0 Å². The first-order valence-electron chi connectivity index (χ1n) is 6.52. The highest BCUT2D eigenvalue weighted by atomic mass is 35.5. The summed E-state index contributed by atoms with van der Waals surface area (Å²) in [5.74, 6) is -0.788. The Labute approximate surface area is 129 Å². The summed E-state index contributed by atoms with van der Waals surface area (Å²) >= 11 is 7.42. The van der Waals surface area contributed by atoms with E-state index in [9.17, 15) is 14.5 Å². The highest BCUT2D eigenvalue weighted by Gasteiger charge is 2.19. The number of nitro benzene ring substituents is 1. The quantitative estimate of drug-likeness (QED) is 0.662. The fraction of sp³-hybridized carbons (Fsp3) is 0.286. The Morgan fingerprint density at radius 2 is 2.19 bits per heavy atom. The third-order valence-corrected chi connectivity index (χ3v) is 5.01. The molecule has 4 nitrogen and oxygen atoms in total. The molecule has 110 valence electrons. The summed E-state index contributed by atoms with van der Waals surface area (Å²) in [4.78, 5) is 12.9. The Morgan fingerprint density at radius 1 is 1.38 bits per heavy atom. The van der Waals surface area contributed by atoms with E-state index in [-0.39, 0.29) is 16.4 Å². The average molecular weight is 327 g/mol. The topological polar surface area (TPSA) is 55.2 Å². The lowest BCUT2D eigenvalue weighted by molar-refractivity contribution is -0.384. The molecular weight excluding hydrogens is 315 g/mol. The smallest absolute Gasteiger partial charge is 0.295 e. The van der Waals surface area contributed by atoms with Crippen LogP contribution in [-0.4, -0.2) is 4.92 Å². The monoisotopic (exact) mass is 326 g/mol. The maximum Gasteiger partial charge on any atom is 0.295 e. The number of anilines is 1. The zero-order valence-electron chi connectivity index (χ0n) is 11.0. The van der Waals surface area contributed by atoms with Gasteiger partial charge in [-0.3, -0.25) is 10.1 Å². The number of hydrogen-bond acceptors (Lipinski definition) is 4. The van der Waals surface area contributed by atoms with Gasteiger partial charge in [-0.05, 0) is 37.0 Å². The molecule has 1 aromatic carbocycles. The number of rotatable bonds is 4. The number of halogens is 2. The van der Waals surface area contributed by atoms with E-state index < -0.39 is 10.7 Å². The van der Waals surface area contributed by atoms with E-state index in [1.807, 2.05) is 0 Å². The molecule has 21 heavy (non-hydrogen) atoms. The molecule has 0 bridgehead atoms. The number of nitrogens with one attached hydrogen (secondary N) is 1. The highest BCUT2D eigenvalue weighted by Crippen LogP contribution is 2.33. The number of thiophene rings is 1. The fourth-order valence-corrected chi connectivity index (χ4v) is 3.85. The molecule has 1 aliphatic rings. The molecule has 0 radical (unpaired) electrons. The van der Waals surface area contributed by atoms with Crippen LogP contribution in [0.3, 0.4) is 0 Å². The zero-order chi connectivity index (χ0) is 15.0. The van der Waals surface area contributed by atoms with Gasteiger partial charge in [0.1, 0.15) is 11.5 Å². The second-order valence-electron chi connectivity index (χ2n) is 4.91. The van der Waals surface area contributed by atoms with Crippen molar-refractivity contribution in [1.82, 2.24) is 0 Å². The van der Waals surface area contributed by atoms with Gasteiger partial charge in [-0.2, -0.15) is 0 Å². The molecule has 0 unspecified atom stereocenters. The van der Waals surface area contributed by atoms with Gasteiger partial charge in [0, 0.05) is 16.3 Å². The number of fused-ring (bicyclic) bond motifs is 1. The number of nitrogens with zero attached hydrogens (tertiary/aromatic N) is 1. The fourth-order valence-electron chi connectivity index (χ4n) is 2.49. The summed E-state index contributed by atoms with van der Waals surface area (Å²) in [6.07, 6.45) is 3.42. The van der Waals surface area contributed by atoms with Crippen LogP contribution in [0.4, 0.5) is 15.8 Å². The zero-order valence-corrected chi connectivity index (χ0v) is 12.6. The van der Waals surface area contributed by atoms with Gasteiger partial charge in [0.2, 0.25) is 0 Å². The van der Waals surface area contributed by atoms with Crippen LogP contribution < -0.4 is 5.32 Å².